The van der Waals surface area contributed by atoms with Crippen molar-refractivity contribution in [1.29, 1.82) is 0 Å². The second kappa shape index (κ2) is 9.07. The van der Waals surface area contributed by atoms with Gasteiger partial charge in [-0.3, -0.25) is 9.03 Å². The van der Waals surface area contributed by atoms with Crippen LogP contribution in [-0.2, 0) is 26.5 Å². The van der Waals surface area contributed by atoms with Crippen LogP contribution in [0.4, 0.5) is 11.4 Å². The lowest BCUT2D eigenvalue weighted by Gasteiger charge is -2.31. The van der Waals surface area contributed by atoms with Crippen molar-refractivity contribution in [2.75, 3.05) is 22.2 Å². The lowest BCUT2D eigenvalue weighted by molar-refractivity contribution is 0.337. The van der Waals surface area contributed by atoms with Gasteiger partial charge in [0.05, 0.1) is 22.1 Å². The lowest BCUT2D eigenvalue weighted by Crippen LogP contribution is -2.35. The van der Waals surface area contributed by atoms with Gasteiger partial charge in [0.2, 0.25) is 0 Å². The Labute approximate surface area is 195 Å². The van der Waals surface area contributed by atoms with Crippen molar-refractivity contribution >= 4 is 31.4 Å². The standard InChI is InChI=1S/C24H26N2O5S2/c1-3-31-24-14-12-22(16-18(24)2)32(27,28)25-20-11-13-23-19(17-20)8-7-15-26(23)33(29,30)21-9-5-4-6-10-21/h4-6,9-14,16-17,25H,3,7-8,15H2,1-2H3. The fourth-order valence-electron chi connectivity index (χ4n) is 3.92. The van der Waals surface area contributed by atoms with E-state index >= 15 is 0 Å². The highest BCUT2D eigenvalue weighted by atomic mass is 32.2. The molecule has 9 heteroatoms. The average molecular weight is 487 g/mol. The molecule has 0 bridgehead atoms. The van der Waals surface area contributed by atoms with Crippen LogP contribution in [0.25, 0.3) is 0 Å². The zero-order chi connectivity index (χ0) is 23.6. The minimum absolute atomic E-state index is 0.134. The fourth-order valence-corrected chi connectivity index (χ4v) is 6.61. The summed E-state index contributed by atoms with van der Waals surface area (Å²) in [6.07, 6.45) is 1.31. The number of benzene rings is 3. The molecule has 3 aromatic rings. The molecule has 33 heavy (non-hydrogen) atoms. The summed E-state index contributed by atoms with van der Waals surface area (Å²) in [5.74, 6) is 0.643. The van der Waals surface area contributed by atoms with Crippen LogP contribution >= 0.6 is 0 Å². The number of nitrogens with zero attached hydrogens (tertiary/aromatic N) is 1. The van der Waals surface area contributed by atoms with Gasteiger partial charge in [-0.2, -0.15) is 0 Å². The Hall–Kier alpha value is -3.04. The van der Waals surface area contributed by atoms with E-state index < -0.39 is 20.0 Å². The quantitative estimate of drug-likeness (QED) is 0.536. The Balaban J connectivity index is 1.62. The van der Waals surface area contributed by atoms with Gasteiger partial charge in [0, 0.05) is 12.2 Å². The molecule has 1 heterocycles. The Bertz CT molecular complexity index is 1370. The number of sulfonamides is 2. The highest BCUT2D eigenvalue weighted by molar-refractivity contribution is 7.93. The number of hydrogen-bond acceptors (Lipinski definition) is 5. The Morgan fingerprint density at radius 2 is 1.70 bits per heavy atom. The first-order valence-corrected chi connectivity index (χ1v) is 13.6. The van der Waals surface area contributed by atoms with Gasteiger partial charge in [-0.1, -0.05) is 18.2 Å². The monoisotopic (exact) mass is 486 g/mol. The predicted octanol–water partition coefficient (Wildman–Crippen LogP) is 4.34. The van der Waals surface area contributed by atoms with E-state index in [0.29, 0.717) is 43.1 Å². The highest BCUT2D eigenvalue weighted by Gasteiger charge is 2.29. The molecule has 0 radical (unpaired) electrons. The number of anilines is 2. The summed E-state index contributed by atoms with van der Waals surface area (Å²) in [5.41, 5.74) is 2.47. The van der Waals surface area contributed by atoms with Gasteiger partial charge in [-0.05, 0) is 86.3 Å². The minimum atomic E-state index is -3.82. The van der Waals surface area contributed by atoms with Crippen molar-refractivity contribution in [2.24, 2.45) is 0 Å². The summed E-state index contributed by atoms with van der Waals surface area (Å²) >= 11 is 0. The third kappa shape index (κ3) is 4.69. The van der Waals surface area contributed by atoms with E-state index in [9.17, 15) is 16.8 Å². The number of ether oxygens (including phenoxy) is 1. The molecule has 0 aliphatic carbocycles. The molecule has 0 saturated carbocycles. The van der Waals surface area contributed by atoms with Crippen molar-refractivity contribution in [3.8, 4) is 5.75 Å². The molecular formula is C24H26N2O5S2. The molecule has 7 nitrogen and oxygen atoms in total. The lowest BCUT2D eigenvalue weighted by atomic mass is 10.0. The van der Waals surface area contributed by atoms with E-state index in [1.165, 1.54) is 10.4 Å². The molecule has 0 atom stereocenters. The highest BCUT2D eigenvalue weighted by Crippen LogP contribution is 2.34. The van der Waals surface area contributed by atoms with E-state index in [1.54, 1.807) is 67.6 Å². The Morgan fingerprint density at radius 1 is 0.939 bits per heavy atom. The van der Waals surface area contributed by atoms with Crippen LogP contribution in [0, 0.1) is 6.92 Å². The molecule has 0 unspecified atom stereocenters. The maximum Gasteiger partial charge on any atom is 0.264 e. The molecule has 174 valence electrons. The molecule has 3 aromatic carbocycles. The predicted molar refractivity (Wildman–Crippen MR) is 129 cm³/mol. The van der Waals surface area contributed by atoms with E-state index in [0.717, 1.165) is 11.1 Å². The van der Waals surface area contributed by atoms with Crippen molar-refractivity contribution in [3.63, 3.8) is 0 Å². The summed E-state index contributed by atoms with van der Waals surface area (Å²) in [5, 5.41) is 0. The van der Waals surface area contributed by atoms with Crippen LogP contribution < -0.4 is 13.8 Å². The summed E-state index contributed by atoms with van der Waals surface area (Å²) in [6, 6.07) is 18.0. The van der Waals surface area contributed by atoms with Crippen molar-refractivity contribution in [1.82, 2.24) is 0 Å². The first-order chi connectivity index (χ1) is 15.7. The first kappa shape index (κ1) is 23.1. The van der Waals surface area contributed by atoms with Crippen molar-refractivity contribution in [2.45, 2.75) is 36.5 Å². The zero-order valence-electron chi connectivity index (χ0n) is 18.5. The summed E-state index contributed by atoms with van der Waals surface area (Å²) in [7, 11) is -7.51. The zero-order valence-corrected chi connectivity index (χ0v) is 20.1. The molecule has 1 N–H and O–H groups in total. The molecule has 0 amide bonds. The number of fused-ring (bicyclic) bond motifs is 1. The molecule has 1 aliphatic rings. The third-order valence-electron chi connectivity index (χ3n) is 5.50. The van der Waals surface area contributed by atoms with Gasteiger partial charge < -0.3 is 4.74 Å². The van der Waals surface area contributed by atoms with Crippen molar-refractivity contribution in [3.05, 3.63) is 77.9 Å². The van der Waals surface area contributed by atoms with Crippen LogP contribution in [-0.4, -0.2) is 30.0 Å². The second-order valence-corrected chi connectivity index (χ2v) is 11.3. The Morgan fingerprint density at radius 3 is 2.39 bits per heavy atom. The molecule has 1 aliphatic heterocycles. The van der Waals surface area contributed by atoms with Crippen LogP contribution in [0.15, 0.2) is 76.5 Å². The van der Waals surface area contributed by atoms with Crippen LogP contribution in [0.3, 0.4) is 0 Å². The second-order valence-electron chi connectivity index (χ2n) is 7.80. The number of aryl methyl sites for hydroxylation is 2. The number of rotatable bonds is 7. The Kier molecular flexibility index (Phi) is 6.36. The van der Waals surface area contributed by atoms with E-state index in [4.69, 9.17) is 4.74 Å². The van der Waals surface area contributed by atoms with Gasteiger partial charge in [-0.25, -0.2) is 16.8 Å². The fraction of sp³-hybridized carbons (Fsp3) is 0.250. The smallest absolute Gasteiger partial charge is 0.264 e. The number of hydrogen-bond donors (Lipinski definition) is 1. The SMILES string of the molecule is CCOc1ccc(S(=O)(=O)Nc2ccc3c(c2)CCCN3S(=O)(=O)c2ccccc2)cc1C. The minimum Gasteiger partial charge on any atom is -0.494 e. The topological polar surface area (TPSA) is 92.8 Å². The summed E-state index contributed by atoms with van der Waals surface area (Å²) in [6.45, 7) is 4.54. The van der Waals surface area contributed by atoms with Gasteiger partial charge in [0.1, 0.15) is 5.75 Å². The van der Waals surface area contributed by atoms with E-state index in [1.807, 2.05) is 6.92 Å². The first-order valence-electron chi connectivity index (χ1n) is 10.7. The van der Waals surface area contributed by atoms with Gasteiger partial charge >= 0.3 is 0 Å². The maximum absolute atomic E-state index is 13.2. The van der Waals surface area contributed by atoms with Crippen LogP contribution in [0.5, 0.6) is 5.75 Å². The maximum atomic E-state index is 13.2. The molecular weight excluding hydrogens is 460 g/mol. The molecule has 4 rings (SSSR count). The summed E-state index contributed by atoms with van der Waals surface area (Å²) < 4.78 is 61.7. The summed E-state index contributed by atoms with van der Waals surface area (Å²) in [4.78, 5) is 0.364. The third-order valence-corrected chi connectivity index (χ3v) is 8.70. The van der Waals surface area contributed by atoms with Crippen LogP contribution in [0.1, 0.15) is 24.5 Å². The van der Waals surface area contributed by atoms with E-state index in [2.05, 4.69) is 4.72 Å². The normalized spacial score (nSPS) is 13.9. The van der Waals surface area contributed by atoms with Crippen molar-refractivity contribution < 1.29 is 21.6 Å². The molecule has 0 spiro atoms. The largest absolute Gasteiger partial charge is 0.494 e. The van der Waals surface area contributed by atoms with Gasteiger partial charge in [0.25, 0.3) is 20.0 Å². The number of nitrogens with one attached hydrogen (secondary N) is 1. The molecule has 0 fully saturated rings. The molecule has 0 aromatic heterocycles. The van der Waals surface area contributed by atoms with Gasteiger partial charge in [-0.15, -0.1) is 0 Å². The van der Waals surface area contributed by atoms with Gasteiger partial charge in [0.15, 0.2) is 0 Å². The van der Waals surface area contributed by atoms with E-state index in [-0.39, 0.29) is 9.79 Å². The van der Waals surface area contributed by atoms with Crippen LogP contribution in [0.2, 0.25) is 0 Å². The average Bonchev–Trinajstić information content (AvgIpc) is 2.80. The molecule has 0 saturated heterocycles.